The number of benzene rings is 4. The van der Waals surface area contributed by atoms with Crippen LogP contribution in [0.15, 0.2) is 65.1 Å². The zero-order valence-corrected chi connectivity index (χ0v) is 20.6. The van der Waals surface area contributed by atoms with Crippen LogP contribution in [0, 0.1) is 23.3 Å². The Morgan fingerprint density at radius 3 is 1.84 bits per heavy atom. The lowest BCUT2D eigenvalue weighted by Gasteiger charge is -2.08. The minimum absolute atomic E-state index is 0.0345. The van der Waals surface area contributed by atoms with Crippen molar-refractivity contribution in [2.45, 2.75) is 39.5 Å². The highest BCUT2D eigenvalue weighted by Crippen LogP contribution is 2.40. The second kappa shape index (κ2) is 10.3. The summed E-state index contributed by atoms with van der Waals surface area (Å²) in [5.74, 6) is -5.42. The molecule has 0 fully saturated rings. The third-order valence-electron chi connectivity index (χ3n) is 6.63. The summed E-state index contributed by atoms with van der Waals surface area (Å²) in [5, 5.41) is -0.890. The van der Waals surface area contributed by atoms with Gasteiger partial charge in [-0.3, -0.25) is 0 Å². The van der Waals surface area contributed by atoms with Crippen molar-refractivity contribution in [3.63, 3.8) is 0 Å². The molecule has 0 aliphatic rings. The van der Waals surface area contributed by atoms with Crippen LogP contribution in [0.25, 0.3) is 44.2 Å². The van der Waals surface area contributed by atoms with Crippen LogP contribution in [0.3, 0.4) is 0 Å². The summed E-state index contributed by atoms with van der Waals surface area (Å²) >= 11 is 0. The van der Waals surface area contributed by atoms with Crippen LogP contribution >= 0.6 is 0 Å². The predicted octanol–water partition coefficient (Wildman–Crippen LogP) is 9.61. The standard InChI is InChI=1S/C31H26F4O2/c1-3-5-6-7-18-8-10-19(11-9-18)20-12-14-21(15-13-20)22-16-23-26(30(34)28(22)32)27-24(37-23)17-25(36-4-2)29(33)31(27)35/h8-17H,3-7H2,1-2H3. The van der Waals surface area contributed by atoms with Crippen LogP contribution in [-0.2, 0) is 6.42 Å². The van der Waals surface area contributed by atoms with E-state index in [2.05, 4.69) is 31.2 Å². The monoisotopic (exact) mass is 506 g/mol. The van der Waals surface area contributed by atoms with Gasteiger partial charge in [0.05, 0.1) is 17.4 Å². The minimum atomic E-state index is -1.34. The zero-order chi connectivity index (χ0) is 26.1. The molecule has 0 amide bonds. The fourth-order valence-electron chi connectivity index (χ4n) is 4.68. The second-order valence-corrected chi connectivity index (χ2v) is 9.07. The fourth-order valence-corrected chi connectivity index (χ4v) is 4.68. The Kier molecular flexibility index (Phi) is 6.92. The van der Waals surface area contributed by atoms with E-state index in [4.69, 9.17) is 9.15 Å². The molecule has 0 atom stereocenters. The van der Waals surface area contributed by atoms with E-state index < -0.39 is 34.0 Å². The zero-order valence-electron chi connectivity index (χ0n) is 20.6. The molecule has 5 aromatic rings. The molecule has 0 aliphatic heterocycles. The van der Waals surface area contributed by atoms with E-state index in [1.165, 1.54) is 24.5 Å². The maximum Gasteiger partial charge on any atom is 0.201 e. The lowest BCUT2D eigenvalue weighted by atomic mass is 9.97. The molecule has 4 aromatic carbocycles. The van der Waals surface area contributed by atoms with Gasteiger partial charge in [0.15, 0.2) is 23.2 Å². The van der Waals surface area contributed by atoms with Gasteiger partial charge in [-0.05, 0) is 48.1 Å². The summed E-state index contributed by atoms with van der Waals surface area (Å²) in [6.45, 7) is 3.91. The number of hydrogen-bond acceptors (Lipinski definition) is 2. The molecular weight excluding hydrogens is 480 g/mol. The van der Waals surface area contributed by atoms with E-state index >= 15 is 8.78 Å². The molecule has 190 valence electrons. The van der Waals surface area contributed by atoms with Crippen molar-refractivity contribution in [2.24, 2.45) is 0 Å². The van der Waals surface area contributed by atoms with Crippen molar-refractivity contribution in [3.05, 3.63) is 89.5 Å². The molecule has 37 heavy (non-hydrogen) atoms. The van der Waals surface area contributed by atoms with Crippen LogP contribution in [0.5, 0.6) is 5.75 Å². The first-order valence-corrected chi connectivity index (χ1v) is 12.5. The molecule has 0 aliphatic carbocycles. The smallest absolute Gasteiger partial charge is 0.201 e. The van der Waals surface area contributed by atoms with Crippen LogP contribution in [0.4, 0.5) is 17.6 Å². The van der Waals surface area contributed by atoms with Gasteiger partial charge in [0.2, 0.25) is 5.82 Å². The lowest BCUT2D eigenvalue weighted by Crippen LogP contribution is -1.97. The van der Waals surface area contributed by atoms with E-state index in [0.717, 1.165) is 30.0 Å². The molecule has 1 aromatic heterocycles. The highest BCUT2D eigenvalue weighted by atomic mass is 19.2. The first-order valence-electron chi connectivity index (χ1n) is 12.5. The van der Waals surface area contributed by atoms with Crippen molar-refractivity contribution in [2.75, 3.05) is 6.61 Å². The van der Waals surface area contributed by atoms with Gasteiger partial charge in [0.1, 0.15) is 11.2 Å². The summed E-state index contributed by atoms with van der Waals surface area (Å²) in [6, 6.07) is 17.9. The third kappa shape index (κ3) is 4.57. The Hall–Kier alpha value is -3.80. The van der Waals surface area contributed by atoms with Gasteiger partial charge >= 0.3 is 0 Å². The number of aryl methyl sites for hydroxylation is 1. The molecule has 0 bridgehead atoms. The highest BCUT2D eigenvalue weighted by molar-refractivity contribution is 6.07. The quantitative estimate of drug-likeness (QED) is 0.154. The van der Waals surface area contributed by atoms with Crippen molar-refractivity contribution in [3.8, 4) is 28.0 Å². The molecule has 0 radical (unpaired) electrons. The molecule has 0 N–H and O–H groups in total. The third-order valence-corrected chi connectivity index (χ3v) is 6.63. The number of fused-ring (bicyclic) bond motifs is 3. The molecular formula is C31H26F4O2. The van der Waals surface area contributed by atoms with E-state index in [1.54, 1.807) is 19.1 Å². The van der Waals surface area contributed by atoms with Gasteiger partial charge in [-0.2, -0.15) is 4.39 Å². The predicted molar refractivity (Wildman–Crippen MR) is 139 cm³/mol. The molecule has 2 nitrogen and oxygen atoms in total. The second-order valence-electron chi connectivity index (χ2n) is 9.07. The number of hydrogen-bond donors (Lipinski definition) is 0. The maximum atomic E-state index is 15.2. The van der Waals surface area contributed by atoms with Gasteiger partial charge in [-0.1, -0.05) is 68.3 Å². The summed E-state index contributed by atoms with van der Waals surface area (Å²) in [6.07, 6.45) is 4.60. The maximum absolute atomic E-state index is 15.2. The van der Waals surface area contributed by atoms with E-state index in [0.29, 0.717) is 5.56 Å². The normalized spacial score (nSPS) is 11.5. The van der Waals surface area contributed by atoms with E-state index in [1.807, 2.05) is 12.1 Å². The largest absolute Gasteiger partial charge is 0.491 e. The Morgan fingerprint density at radius 1 is 0.649 bits per heavy atom. The molecule has 6 heteroatoms. The van der Waals surface area contributed by atoms with Gasteiger partial charge in [-0.15, -0.1) is 0 Å². The van der Waals surface area contributed by atoms with Gasteiger partial charge in [-0.25, -0.2) is 13.2 Å². The molecule has 1 heterocycles. The number of unbranched alkanes of at least 4 members (excludes halogenated alkanes) is 2. The Balaban J connectivity index is 1.50. The summed E-state index contributed by atoms with van der Waals surface area (Å²) in [4.78, 5) is 0. The molecule has 0 unspecified atom stereocenters. The first-order chi connectivity index (χ1) is 17.9. The van der Waals surface area contributed by atoms with Crippen LogP contribution < -0.4 is 4.74 Å². The number of rotatable bonds is 8. The molecule has 0 spiro atoms. The molecule has 0 saturated heterocycles. The van der Waals surface area contributed by atoms with Gasteiger partial charge in [0.25, 0.3) is 0 Å². The van der Waals surface area contributed by atoms with Crippen LogP contribution in [-0.4, -0.2) is 6.61 Å². The van der Waals surface area contributed by atoms with Crippen LogP contribution in [0.1, 0.15) is 38.7 Å². The van der Waals surface area contributed by atoms with Crippen molar-refractivity contribution >= 4 is 21.9 Å². The van der Waals surface area contributed by atoms with E-state index in [9.17, 15) is 8.78 Å². The van der Waals surface area contributed by atoms with E-state index in [-0.39, 0.29) is 29.1 Å². The van der Waals surface area contributed by atoms with Crippen molar-refractivity contribution in [1.82, 2.24) is 0 Å². The highest BCUT2D eigenvalue weighted by Gasteiger charge is 2.25. The van der Waals surface area contributed by atoms with Crippen LogP contribution in [0.2, 0.25) is 0 Å². The Bertz CT molecular complexity index is 1570. The minimum Gasteiger partial charge on any atom is -0.491 e. The van der Waals surface area contributed by atoms with Gasteiger partial charge < -0.3 is 9.15 Å². The first kappa shape index (κ1) is 24.9. The number of furan rings is 1. The Morgan fingerprint density at radius 2 is 1.22 bits per heavy atom. The summed E-state index contributed by atoms with van der Waals surface area (Å²) in [5.41, 5.74) is 3.44. The average Bonchev–Trinajstić information content (AvgIpc) is 3.28. The summed E-state index contributed by atoms with van der Waals surface area (Å²) in [7, 11) is 0. The summed E-state index contributed by atoms with van der Waals surface area (Å²) < 4.78 is 70.3. The van der Waals surface area contributed by atoms with Gasteiger partial charge in [0, 0.05) is 11.6 Å². The number of ether oxygens (including phenoxy) is 1. The topological polar surface area (TPSA) is 22.4 Å². The number of halogens is 4. The Labute approximate surface area is 212 Å². The molecule has 5 rings (SSSR count). The van der Waals surface area contributed by atoms with Crippen molar-refractivity contribution in [1.29, 1.82) is 0 Å². The average molecular weight is 507 g/mol. The molecule has 0 saturated carbocycles. The SMILES string of the molecule is CCCCCc1ccc(-c2ccc(-c3cc4oc5cc(OCC)c(F)c(F)c5c4c(F)c3F)cc2)cc1. The van der Waals surface area contributed by atoms with Crippen molar-refractivity contribution < 1.29 is 26.7 Å². The fraction of sp³-hybridized carbons (Fsp3) is 0.226. The lowest BCUT2D eigenvalue weighted by molar-refractivity contribution is 0.315.